The largest absolute Gasteiger partial charge is 0.293 e. The summed E-state index contributed by atoms with van der Waals surface area (Å²) in [6.45, 7) is 2.44. The van der Waals surface area contributed by atoms with E-state index in [4.69, 9.17) is 0 Å². The molecule has 0 amide bonds. The van der Waals surface area contributed by atoms with Crippen molar-refractivity contribution in [2.24, 2.45) is 4.99 Å². The molecule has 4 nitrogen and oxygen atoms in total. The summed E-state index contributed by atoms with van der Waals surface area (Å²) in [5, 5.41) is 13.6. The van der Waals surface area contributed by atoms with E-state index in [9.17, 15) is 9.65 Å². The second-order valence-electron chi connectivity index (χ2n) is 4.81. The number of aromatic nitrogens is 2. The maximum absolute atomic E-state index is 13.1. The van der Waals surface area contributed by atoms with Crippen LogP contribution in [0.4, 0.5) is 4.39 Å². The summed E-state index contributed by atoms with van der Waals surface area (Å²) in [5.74, 6) is -0.307. The molecular weight excluding hydrogens is 279 g/mol. The minimum Gasteiger partial charge on any atom is -0.293 e. The number of benzene rings is 1. The Morgan fingerprint density at radius 3 is 2.73 bits per heavy atom. The lowest BCUT2D eigenvalue weighted by Gasteiger charge is -2.02. The van der Waals surface area contributed by atoms with E-state index in [1.54, 1.807) is 22.9 Å². The Morgan fingerprint density at radius 2 is 2.05 bits per heavy atom. The van der Waals surface area contributed by atoms with Gasteiger partial charge in [0, 0.05) is 11.8 Å². The van der Waals surface area contributed by atoms with Crippen LogP contribution in [-0.4, -0.2) is 15.8 Å². The van der Waals surface area contributed by atoms with Gasteiger partial charge >= 0.3 is 0 Å². The Balaban J connectivity index is 2.17. The van der Waals surface area contributed by atoms with Crippen LogP contribution in [0.25, 0.3) is 16.6 Å². The van der Waals surface area contributed by atoms with Gasteiger partial charge in [-0.2, -0.15) is 10.4 Å². The second-order valence-corrected chi connectivity index (χ2v) is 4.81. The molecule has 22 heavy (non-hydrogen) atoms. The van der Waals surface area contributed by atoms with Crippen molar-refractivity contribution in [3.63, 3.8) is 0 Å². The Labute approximate surface area is 127 Å². The van der Waals surface area contributed by atoms with Gasteiger partial charge in [0.05, 0.1) is 12.1 Å². The molecule has 3 rings (SSSR count). The molecule has 2 heterocycles. The normalized spacial score (nSPS) is 11.1. The molecule has 1 aromatic carbocycles. The minimum absolute atomic E-state index is 0.307. The first-order valence-electron chi connectivity index (χ1n) is 6.84. The van der Waals surface area contributed by atoms with E-state index in [1.165, 1.54) is 12.1 Å². The highest BCUT2D eigenvalue weighted by Gasteiger charge is 2.14. The molecule has 0 atom stereocenters. The summed E-state index contributed by atoms with van der Waals surface area (Å²) < 4.78 is 14.8. The Bertz CT molecular complexity index is 885. The fourth-order valence-electron chi connectivity index (χ4n) is 2.36. The second kappa shape index (κ2) is 5.78. The number of nitriles is 1. The van der Waals surface area contributed by atoms with Gasteiger partial charge in [-0.05, 0) is 42.5 Å². The van der Waals surface area contributed by atoms with Gasteiger partial charge in [0.25, 0.3) is 0 Å². The van der Waals surface area contributed by atoms with Gasteiger partial charge in [-0.1, -0.05) is 18.2 Å². The molecule has 5 heteroatoms. The van der Waals surface area contributed by atoms with E-state index in [1.807, 2.05) is 25.3 Å². The standard InChI is InChI=1S/C17H13FN4/c1-2-20-10-12-3-8-16-17(13-4-6-14(18)7-5-13)15(9-19)21-22(16)11-12/h2-8,11H,10H2,1H3. The molecule has 0 saturated carbocycles. The third-order valence-corrected chi connectivity index (χ3v) is 3.39. The van der Waals surface area contributed by atoms with Gasteiger partial charge in [0.2, 0.25) is 0 Å². The third-order valence-electron chi connectivity index (χ3n) is 3.39. The molecule has 3 aromatic rings. The molecular formula is C17H13FN4. The first-order chi connectivity index (χ1) is 10.7. The predicted octanol–water partition coefficient (Wildman–Crippen LogP) is 3.60. The molecule has 0 fully saturated rings. The summed E-state index contributed by atoms with van der Waals surface area (Å²) in [5.41, 5.74) is 3.62. The van der Waals surface area contributed by atoms with Crippen LogP contribution in [0.5, 0.6) is 0 Å². The quantitative estimate of drug-likeness (QED) is 0.692. The van der Waals surface area contributed by atoms with E-state index in [0.717, 1.165) is 16.6 Å². The molecule has 0 unspecified atom stereocenters. The molecule has 108 valence electrons. The third kappa shape index (κ3) is 2.47. The zero-order valence-electron chi connectivity index (χ0n) is 12.0. The van der Waals surface area contributed by atoms with Crippen molar-refractivity contribution < 1.29 is 4.39 Å². The first-order valence-corrected chi connectivity index (χ1v) is 6.84. The van der Waals surface area contributed by atoms with Crippen LogP contribution in [0.3, 0.4) is 0 Å². The summed E-state index contributed by atoms with van der Waals surface area (Å²) in [6.07, 6.45) is 3.61. The van der Waals surface area contributed by atoms with Gasteiger partial charge in [-0.3, -0.25) is 4.99 Å². The number of hydrogen-bond donors (Lipinski definition) is 0. The number of nitrogens with zero attached hydrogens (tertiary/aromatic N) is 4. The molecule has 0 spiro atoms. The van der Waals surface area contributed by atoms with Crippen molar-refractivity contribution in [2.45, 2.75) is 13.5 Å². The van der Waals surface area contributed by atoms with Gasteiger partial charge in [0.15, 0.2) is 5.69 Å². The SMILES string of the molecule is CC=NCc1ccc2c(-c3ccc(F)cc3)c(C#N)nn2c1. The number of fused-ring (bicyclic) bond motifs is 1. The summed E-state index contributed by atoms with van der Waals surface area (Å²) in [4.78, 5) is 4.19. The van der Waals surface area contributed by atoms with Crippen molar-refractivity contribution in [3.8, 4) is 17.2 Å². The van der Waals surface area contributed by atoms with Crippen molar-refractivity contribution in [1.82, 2.24) is 9.61 Å². The van der Waals surface area contributed by atoms with Crippen molar-refractivity contribution >= 4 is 11.7 Å². The van der Waals surface area contributed by atoms with E-state index in [0.29, 0.717) is 17.8 Å². The number of rotatable bonds is 3. The molecule has 0 bridgehead atoms. The number of hydrogen-bond acceptors (Lipinski definition) is 3. The number of aliphatic imine (C=N–C) groups is 1. The monoisotopic (exact) mass is 292 g/mol. The highest BCUT2D eigenvalue weighted by atomic mass is 19.1. The number of pyridine rings is 1. The average Bonchev–Trinajstić information content (AvgIpc) is 2.91. The molecule has 0 aliphatic rings. The smallest absolute Gasteiger partial charge is 0.171 e. The van der Waals surface area contributed by atoms with E-state index in [2.05, 4.69) is 16.2 Å². The highest BCUT2D eigenvalue weighted by Crippen LogP contribution is 2.28. The Hall–Kier alpha value is -3.00. The molecule has 2 aromatic heterocycles. The van der Waals surface area contributed by atoms with E-state index < -0.39 is 0 Å². The Morgan fingerprint density at radius 1 is 1.27 bits per heavy atom. The van der Waals surface area contributed by atoms with Crippen molar-refractivity contribution in [2.75, 3.05) is 0 Å². The summed E-state index contributed by atoms with van der Waals surface area (Å²) in [7, 11) is 0. The maximum Gasteiger partial charge on any atom is 0.171 e. The van der Waals surface area contributed by atoms with Crippen LogP contribution in [0.2, 0.25) is 0 Å². The lowest BCUT2D eigenvalue weighted by Crippen LogP contribution is -1.91. The predicted molar refractivity (Wildman–Crippen MR) is 83.2 cm³/mol. The molecule has 0 N–H and O–H groups in total. The van der Waals surface area contributed by atoms with Crippen LogP contribution >= 0.6 is 0 Å². The first kappa shape index (κ1) is 14.0. The van der Waals surface area contributed by atoms with Gasteiger partial charge in [-0.25, -0.2) is 8.91 Å². The molecule has 0 saturated heterocycles. The van der Waals surface area contributed by atoms with Gasteiger partial charge in [0.1, 0.15) is 11.9 Å². The van der Waals surface area contributed by atoms with Crippen LogP contribution in [0, 0.1) is 17.1 Å². The van der Waals surface area contributed by atoms with Crippen LogP contribution in [-0.2, 0) is 6.54 Å². The molecule has 0 radical (unpaired) electrons. The zero-order chi connectivity index (χ0) is 15.5. The zero-order valence-corrected chi connectivity index (χ0v) is 12.0. The van der Waals surface area contributed by atoms with E-state index >= 15 is 0 Å². The average molecular weight is 292 g/mol. The fourth-order valence-corrected chi connectivity index (χ4v) is 2.36. The number of halogens is 1. The summed E-state index contributed by atoms with van der Waals surface area (Å²) in [6, 6.07) is 12.0. The molecule has 0 aliphatic heterocycles. The van der Waals surface area contributed by atoms with Gasteiger partial charge < -0.3 is 0 Å². The van der Waals surface area contributed by atoms with Crippen molar-refractivity contribution in [3.05, 3.63) is 59.7 Å². The summed E-state index contributed by atoms with van der Waals surface area (Å²) >= 11 is 0. The highest BCUT2D eigenvalue weighted by molar-refractivity contribution is 5.84. The fraction of sp³-hybridized carbons (Fsp3) is 0.118. The lowest BCUT2D eigenvalue weighted by atomic mass is 10.0. The minimum atomic E-state index is -0.307. The topological polar surface area (TPSA) is 53.5 Å². The van der Waals surface area contributed by atoms with E-state index in [-0.39, 0.29) is 5.82 Å². The van der Waals surface area contributed by atoms with Crippen LogP contribution < -0.4 is 0 Å². The van der Waals surface area contributed by atoms with Crippen LogP contribution in [0.15, 0.2) is 47.6 Å². The maximum atomic E-state index is 13.1. The lowest BCUT2D eigenvalue weighted by molar-refractivity contribution is 0.628. The van der Waals surface area contributed by atoms with Gasteiger partial charge in [-0.15, -0.1) is 0 Å². The molecule has 0 aliphatic carbocycles. The Kier molecular flexibility index (Phi) is 3.67. The van der Waals surface area contributed by atoms with Crippen LogP contribution in [0.1, 0.15) is 18.2 Å². The van der Waals surface area contributed by atoms with Crippen molar-refractivity contribution in [1.29, 1.82) is 5.26 Å².